The lowest BCUT2D eigenvalue weighted by Gasteiger charge is -2.29. The Morgan fingerprint density at radius 1 is 1.00 bits per heavy atom. The summed E-state index contributed by atoms with van der Waals surface area (Å²) in [4.78, 5) is 1.72. The molecule has 14 heavy (non-hydrogen) atoms. The van der Waals surface area contributed by atoms with Crippen LogP contribution >= 0.6 is 0 Å². The van der Waals surface area contributed by atoms with E-state index in [2.05, 4.69) is 51.1 Å². The van der Waals surface area contributed by atoms with Crippen molar-refractivity contribution in [1.29, 1.82) is 0 Å². The van der Waals surface area contributed by atoms with Crippen LogP contribution in [0.2, 0.25) is 39.3 Å². The lowest BCUT2D eigenvalue weighted by molar-refractivity contribution is 1.13. The summed E-state index contributed by atoms with van der Waals surface area (Å²) in [6.07, 6.45) is 5.15. The predicted octanol–water partition coefficient (Wildman–Crippen LogP) is 4.23. The molecule has 0 atom stereocenters. The number of allylic oxidation sites excluding steroid dienone is 1. The van der Waals surface area contributed by atoms with Crippen molar-refractivity contribution in [3.63, 3.8) is 0 Å². The van der Waals surface area contributed by atoms with E-state index in [4.69, 9.17) is 0 Å². The van der Waals surface area contributed by atoms with Crippen LogP contribution in [0.3, 0.4) is 0 Å². The third-order valence-electron chi connectivity index (χ3n) is 2.59. The predicted molar refractivity (Wildman–Crippen MR) is 71.0 cm³/mol. The first-order chi connectivity index (χ1) is 6.21. The molecule has 0 heterocycles. The van der Waals surface area contributed by atoms with E-state index < -0.39 is 16.1 Å². The van der Waals surface area contributed by atoms with Crippen LogP contribution in [-0.2, 0) is 0 Å². The first-order valence-electron chi connectivity index (χ1n) is 5.69. The van der Waals surface area contributed by atoms with Gasteiger partial charge in [0.25, 0.3) is 0 Å². The number of hydrogen-bond acceptors (Lipinski definition) is 0. The van der Waals surface area contributed by atoms with Gasteiger partial charge in [0.15, 0.2) is 0 Å². The normalized spacial score (nSPS) is 17.6. The summed E-state index contributed by atoms with van der Waals surface area (Å²) in [5, 5.41) is 0. The fourth-order valence-corrected chi connectivity index (χ4v) is 12.1. The minimum absolute atomic E-state index is 0.873. The van der Waals surface area contributed by atoms with Crippen molar-refractivity contribution in [2.24, 2.45) is 5.92 Å². The number of hydrogen-bond donors (Lipinski definition) is 0. The molecule has 0 saturated heterocycles. The van der Waals surface area contributed by atoms with Gasteiger partial charge >= 0.3 is 0 Å². The van der Waals surface area contributed by atoms with E-state index in [0.29, 0.717) is 0 Å². The zero-order valence-corrected chi connectivity index (χ0v) is 12.6. The first-order valence-corrected chi connectivity index (χ1v) is 12.7. The molecule has 0 nitrogen and oxygen atoms in total. The van der Waals surface area contributed by atoms with Gasteiger partial charge in [-0.25, -0.2) is 0 Å². The summed E-state index contributed by atoms with van der Waals surface area (Å²) in [6, 6.07) is 0. The Labute approximate surface area is 91.1 Å². The second kappa shape index (κ2) is 3.84. The molecule has 0 unspecified atom stereocenters. The lowest BCUT2D eigenvalue weighted by Crippen LogP contribution is -2.39. The zero-order chi connectivity index (χ0) is 11.0. The molecule has 1 fully saturated rings. The zero-order valence-electron chi connectivity index (χ0n) is 10.6. The molecule has 1 aliphatic carbocycles. The molecule has 0 bridgehead atoms. The fraction of sp³-hybridized carbons (Fsp3) is 0.750. The summed E-state index contributed by atoms with van der Waals surface area (Å²) >= 11 is 0. The van der Waals surface area contributed by atoms with Crippen molar-refractivity contribution in [2.75, 3.05) is 0 Å². The second-order valence-corrected chi connectivity index (χ2v) is 17.0. The van der Waals surface area contributed by atoms with Crippen molar-refractivity contribution < 1.29 is 0 Å². The van der Waals surface area contributed by atoms with Crippen LogP contribution in [0.25, 0.3) is 0 Å². The van der Waals surface area contributed by atoms with Crippen molar-refractivity contribution >= 4 is 16.1 Å². The van der Waals surface area contributed by atoms with Gasteiger partial charge in [0.1, 0.15) is 0 Å². The Hall–Kier alpha value is -0.0462. The van der Waals surface area contributed by atoms with Gasteiger partial charge < -0.3 is 0 Å². The molecule has 1 saturated carbocycles. The Balaban J connectivity index is 2.98. The summed E-state index contributed by atoms with van der Waals surface area (Å²) in [5.41, 5.74) is 3.68. The highest BCUT2D eigenvalue weighted by molar-refractivity contribution is 7.04. The third-order valence-corrected chi connectivity index (χ3v) is 10.4. The van der Waals surface area contributed by atoms with E-state index in [1.807, 2.05) is 0 Å². The highest BCUT2D eigenvalue weighted by atomic mass is 28.4. The maximum absolute atomic E-state index is 3.68. The van der Waals surface area contributed by atoms with E-state index >= 15 is 0 Å². The van der Waals surface area contributed by atoms with E-state index in [-0.39, 0.29) is 0 Å². The van der Waals surface area contributed by atoms with Gasteiger partial charge in [-0.2, -0.15) is 0 Å². The molecule has 1 rings (SSSR count). The van der Waals surface area contributed by atoms with E-state index in [9.17, 15) is 0 Å². The van der Waals surface area contributed by atoms with Gasteiger partial charge in [0.2, 0.25) is 0 Å². The third kappa shape index (κ3) is 3.60. The Kier molecular flexibility index (Phi) is 3.30. The highest BCUT2D eigenvalue weighted by Gasteiger charge is 2.31. The Morgan fingerprint density at radius 2 is 1.43 bits per heavy atom. The van der Waals surface area contributed by atoms with Gasteiger partial charge in [0.05, 0.1) is 16.1 Å². The standard InChI is InChI=1S/C12H24Si2/c1-13(2,3)12(14(4,5)6)10-9-11-7-8-11/h9,11H,7-8H2,1-6H3. The van der Waals surface area contributed by atoms with Crippen LogP contribution in [0.5, 0.6) is 0 Å². The molecule has 0 aliphatic heterocycles. The molecule has 0 aromatic rings. The topological polar surface area (TPSA) is 0 Å². The minimum Gasteiger partial charge on any atom is -0.134 e. The van der Waals surface area contributed by atoms with Crippen LogP contribution in [0.1, 0.15) is 12.8 Å². The molecule has 0 aromatic carbocycles. The minimum atomic E-state index is -1.13. The largest absolute Gasteiger partial charge is 0.134 e. The first kappa shape index (κ1) is 12.0. The van der Waals surface area contributed by atoms with Gasteiger partial charge in [-0.05, 0) is 24.8 Å². The summed E-state index contributed by atoms with van der Waals surface area (Å²) in [5.74, 6) is 0.873. The van der Waals surface area contributed by atoms with E-state index in [1.165, 1.54) is 12.8 Å². The van der Waals surface area contributed by atoms with Crippen molar-refractivity contribution in [3.05, 3.63) is 16.6 Å². The van der Waals surface area contributed by atoms with Crippen LogP contribution in [-0.4, -0.2) is 16.1 Å². The summed E-state index contributed by atoms with van der Waals surface area (Å²) < 4.78 is 0. The Morgan fingerprint density at radius 3 is 1.71 bits per heavy atom. The average Bonchev–Trinajstić information content (AvgIpc) is 2.64. The molecule has 0 spiro atoms. The molecule has 2 heteroatoms. The molecular formula is C12H24Si2. The molecular weight excluding hydrogens is 200 g/mol. The SMILES string of the molecule is C[Si](C)(C)C(=C=CC1CC1)[Si](C)(C)C. The summed E-state index contributed by atoms with van der Waals surface area (Å²) in [6.45, 7) is 14.7. The van der Waals surface area contributed by atoms with Gasteiger partial charge in [-0.15, -0.1) is 5.73 Å². The molecule has 80 valence electrons. The van der Waals surface area contributed by atoms with Gasteiger partial charge in [-0.3, -0.25) is 0 Å². The van der Waals surface area contributed by atoms with Crippen LogP contribution in [0, 0.1) is 5.92 Å². The van der Waals surface area contributed by atoms with E-state index in [0.717, 1.165) is 5.92 Å². The Bertz CT molecular complexity index is 250. The van der Waals surface area contributed by atoms with Gasteiger partial charge in [0, 0.05) is 0 Å². The van der Waals surface area contributed by atoms with Crippen molar-refractivity contribution in [2.45, 2.75) is 52.1 Å². The van der Waals surface area contributed by atoms with Crippen LogP contribution in [0.4, 0.5) is 0 Å². The number of rotatable bonds is 3. The monoisotopic (exact) mass is 224 g/mol. The lowest BCUT2D eigenvalue weighted by atomic mass is 10.4. The quantitative estimate of drug-likeness (QED) is 0.497. The molecule has 0 aromatic heterocycles. The maximum Gasteiger partial charge on any atom is 0.0772 e. The van der Waals surface area contributed by atoms with Crippen LogP contribution < -0.4 is 0 Å². The molecule has 0 amide bonds. The molecule has 1 aliphatic rings. The fourth-order valence-electron chi connectivity index (χ4n) is 2.02. The summed E-state index contributed by atoms with van der Waals surface area (Å²) in [7, 11) is -2.25. The molecule has 0 N–H and O–H groups in total. The van der Waals surface area contributed by atoms with Crippen molar-refractivity contribution in [1.82, 2.24) is 0 Å². The van der Waals surface area contributed by atoms with E-state index in [1.54, 1.807) is 4.82 Å². The highest BCUT2D eigenvalue weighted by Crippen LogP contribution is 2.31. The van der Waals surface area contributed by atoms with Crippen LogP contribution in [0.15, 0.2) is 16.6 Å². The smallest absolute Gasteiger partial charge is 0.0772 e. The average molecular weight is 224 g/mol. The molecule has 0 radical (unpaired) electrons. The maximum atomic E-state index is 3.68. The van der Waals surface area contributed by atoms with Crippen molar-refractivity contribution in [3.8, 4) is 0 Å². The second-order valence-electron chi connectivity index (χ2n) is 6.52. The van der Waals surface area contributed by atoms with Gasteiger partial charge in [-0.1, -0.05) is 44.1 Å².